The van der Waals surface area contributed by atoms with Gasteiger partial charge in [-0.2, -0.15) is 0 Å². The minimum Gasteiger partial charge on any atom is -1.00 e. The van der Waals surface area contributed by atoms with Crippen LogP contribution >= 0.6 is 0 Å². The predicted molar refractivity (Wildman–Crippen MR) is 59.0 cm³/mol. The standard InChI is InChI=1S/C12H13NO3.Na.H/c14-11(9-5-2-1-3-6-9)16-12(15)10-7-4-8-13-10;;/h1-3,5-6,10,13H,4,7-8H2;;/q;+1;-1/t10-;;/m0../s1. The summed E-state index contributed by atoms with van der Waals surface area (Å²) in [7, 11) is 0. The van der Waals surface area contributed by atoms with Crippen molar-refractivity contribution in [3.8, 4) is 0 Å². The summed E-state index contributed by atoms with van der Waals surface area (Å²) in [6.45, 7) is 0.805. The molecular formula is C12H14NNaO3. The first-order valence-corrected chi connectivity index (χ1v) is 5.32. The molecule has 1 aliphatic heterocycles. The molecule has 1 aromatic rings. The van der Waals surface area contributed by atoms with Gasteiger partial charge in [0.2, 0.25) is 0 Å². The van der Waals surface area contributed by atoms with Gasteiger partial charge in [-0.05, 0) is 31.5 Å². The molecule has 0 spiro atoms. The van der Waals surface area contributed by atoms with Gasteiger partial charge in [0, 0.05) is 0 Å². The van der Waals surface area contributed by atoms with E-state index in [-0.39, 0.29) is 37.0 Å². The summed E-state index contributed by atoms with van der Waals surface area (Å²) in [5.41, 5.74) is 0.397. The van der Waals surface area contributed by atoms with Crippen LogP contribution in [0.1, 0.15) is 24.6 Å². The van der Waals surface area contributed by atoms with Gasteiger partial charge in [0.15, 0.2) is 0 Å². The fourth-order valence-electron chi connectivity index (χ4n) is 1.68. The van der Waals surface area contributed by atoms with E-state index in [1.54, 1.807) is 30.3 Å². The minimum absolute atomic E-state index is 0. The van der Waals surface area contributed by atoms with Gasteiger partial charge in [0.25, 0.3) is 0 Å². The van der Waals surface area contributed by atoms with Gasteiger partial charge >= 0.3 is 41.5 Å². The average molecular weight is 243 g/mol. The molecule has 5 heteroatoms. The molecule has 0 radical (unpaired) electrons. The fourth-order valence-corrected chi connectivity index (χ4v) is 1.68. The van der Waals surface area contributed by atoms with Crippen LogP contribution in [0.15, 0.2) is 30.3 Å². The van der Waals surface area contributed by atoms with Gasteiger partial charge in [-0.1, -0.05) is 18.2 Å². The van der Waals surface area contributed by atoms with Crippen molar-refractivity contribution < 1.29 is 45.3 Å². The number of carbonyl (C=O) groups is 2. The number of nitrogens with one attached hydrogen (secondary N) is 1. The molecule has 1 fully saturated rings. The van der Waals surface area contributed by atoms with Crippen LogP contribution in [0.3, 0.4) is 0 Å². The Kier molecular flexibility index (Phi) is 5.85. The summed E-state index contributed by atoms with van der Waals surface area (Å²) >= 11 is 0. The Morgan fingerprint density at radius 2 is 2.00 bits per heavy atom. The van der Waals surface area contributed by atoms with Crippen LogP contribution in [0.5, 0.6) is 0 Å². The number of esters is 2. The molecule has 2 rings (SSSR count). The van der Waals surface area contributed by atoms with Crippen molar-refractivity contribution in [3.05, 3.63) is 35.9 Å². The van der Waals surface area contributed by atoms with Crippen molar-refractivity contribution >= 4 is 11.9 Å². The molecule has 1 saturated heterocycles. The van der Waals surface area contributed by atoms with E-state index >= 15 is 0 Å². The third-order valence-corrected chi connectivity index (χ3v) is 2.55. The van der Waals surface area contributed by atoms with Crippen LogP contribution < -0.4 is 34.9 Å². The van der Waals surface area contributed by atoms with Crippen molar-refractivity contribution in [3.63, 3.8) is 0 Å². The van der Waals surface area contributed by atoms with Crippen LogP contribution in [0.2, 0.25) is 0 Å². The Labute approximate surface area is 123 Å². The number of hydrogen-bond acceptors (Lipinski definition) is 4. The van der Waals surface area contributed by atoms with Gasteiger partial charge in [-0.3, -0.25) is 0 Å². The molecule has 0 amide bonds. The largest absolute Gasteiger partial charge is 1.00 e. The summed E-state index contributed by atoms with van der Waals surface area (Å²) in [5.74, 6) is -1.06. The van der Waals surface area contributed by atoms with E-state index in [0.717, 1.165) is 19.4 Å². The normalized spacial score (nSPS) is 18.2. The third kappa shape index (κ3) is 3.92. The van der Waals surface area contributed by atoms with Gasteiger partial charge in [0.05, 0.1) is 5.56 Å². The Morgan fingerprint density at radius 3 is 2.59 bits per heavy atom. The second-order valence-electron chi connectivity index (χ2n) is 3.72. The number of hydrogen-bond donors (Lipinski definition) is 1. The summed E-state index contributed by atoms with van der Waals surface area (Å²) in [6.07, 6.45) is 1.68. The number of ether oxygens (including phenoxy) is 1. The average Bonchev–Trinajstić information content (AvgIpc) is 2.83. The molecule has 4 nitrogen and oxygen atoms in total. The molecule has 1 heterocycles. The summed E-state index contributed by atoms with van der Waals surface area (Å²) in [5, 5.41) is 2.99. The maximum absolute atomic E-state index is 11.5. The first-order valence-electron chi connectivity index (χ1n) is 5.32. The molecule has 0 bridgehead atoms. The van der Waals surface area contributed by atoms with Crippen LogP contribution in [0.4, 0.5) is 0 Å². The maximum atomic E-state index is 11.5. The van der Waals surface area contributed by atoms with E-state index in [1.807, 2.05) is 0 Å². The number of carbonyl (C=O) groups excluding carboxylic acids is 2. The summed E-state index contributed by atoms with van der Waals surface area (Å²) in [6, 6.07) is 8.18. The van der Waals surface area contributed by atoms with Crippen LogP contribution in [-0.2, 0) is 9.53 Å². The topological polar surface area (TPSA) is 55.4 Å². The van der Waals surface area contributed by atoms with Crippen LogP contribution in [0.25, 0.3) is 0 Å². The molecule has 0 saturated carbocycles. The monoisotopic (exact) mass is 243 g/mol. The Balaban J connectivity index is 0.00000144. The predicted octanol–water partition coefficient (Wildman–Crippen LogP) is -1.76. The second kappa shape index (κ2) is 6.91. The molecule has 0 aliphatic carbocycles. The Bertz CT molecular complexity index is 394. The van der Waals surface area contributed by atoms with Gasteiger partial charge in [0.1, 0.15) is 6.04 Å². The van der Waals surface area contributed by atoms with Crippen LogP contribution in [-0.4, -0.2) is 24.5 Å². The molecule has 1 N–H and O–H groups in total. The molecule has 1 aliphatic rings. The van der Waals surface area contributed by atoms with Crippen molar-refractivity contribution in [1.82, 2.24) is 5.32 Å². The minimum atomic E-state index is -0.584. The van der Waals surface area contributed by atoms with E-state index in [1.165, 1.54) is 0 Å². The molecule has 17 heavy (non-hydrogen) atoms. The Hall–Kier alpha value is -0.680. The second-order valence-corrected chi connectivity index (χ2v) is 3.72. The molecule has 0 aromatic heterocycles. The maximum Gasteiger partial charge on any atom is 1.00 e. The third-order valence-electron chi connectivity index (χ3n) is 2.55. The van der Waals surface area contributed by atoms with E-state index in [2.05, 4.69) is 5.32 Å². The summed E-state index contributed by atoms with van der Waals surface area (Å²) in [4.78, 5) is 23.1. The van der Waals surface area contributed by atoms with E-state index in [9.17, 15) is 9.59 Å². The first-order chi connectivity index (χ1) is 7.77. The molecule has 86 valence electrons. The van der Waals surface area contributed by atoms with Gasteiger partial charge < -0.3 is 11.5 Å². The summed E-state index contributed by atoms with van der Waals surface area (Å²) < 4.78 is 4.78. The Morgan fingerprint density at radius 1 is 1.29 bits per heavy atom. The number of benzene rings is 1. The van der Waals surface area contributed by atoms with Gasteiger partial charge in [-0.25, -0.2) is 9.59 Å². The van der Waals surface area contributed by atoms with E-state index < -0.39 is 11.9 Å². The zero-order chi connectivity index (χ0) is 11.4. The zero-order valence-electron chi connectivity index (χ0n) is 10.8. The number of rotatable bonds is 2. The van der Waals surface area contributed by atoms with Crippen molar-refractivity contribution in [2.45, 2.75) is 18.9 Å². The van der Waals surface area contributed by atoms with E-state index in [4.69, 9.17) is 4.74 Å². The van der Waals surface area contributed by atoms with Gasteiger partial charge in [-0.15, -0.1) is 0 Å². The van der Waals surface area contributed by atoms with E-state index in [0.29, 0.717) is 5.56 Å². The fraction of sp³-hybridized carbons (Fsp3) is 0.333. The quantitative estimate of drug-likeness (QED) is 0.380. The SMILES string of the molecule is O=C(OC(=O)[C@@H]1CCCN1)c1ccccc1.[H-].[Na+]. The van der Waals surface area contributed by atoms with Crippen molar-refractivity contribution in [1.29, 1.82) is 0 Å². The molecule has 1 atom stereocenters. The van der Waals surface area contributed by atoms with Crippen molar-refractivity contribution in [2.24, 2.45) is 0 Å². The molecule has 1 aromatic carbocycles. The zero-order valence-corrected chi connectivity index (χ0v) is 11.8. The smallest absolute Gasteiger partial charge is 1.00 e. The van der Waals surface area contributed by atoms with Crippen LogP contribution in [0, 0.1) is 0 Å². The molecular weight excluding hydrogens is 229 g/mol. The first kappa shape index (κ1) is 14.4. The molecule has 0 unspecified atom stereocenters. The van der Waals surface area contributed by atoms with Crippen molar-refractivity contribution in [2.75, 3.05) is 6.54 Å².